The van der Waals surface area contributed by atoms with Crippen LogP contribution in [0.2, 0.25) is 0 Å². The summed E-state index contributed by atoms with van der Waals surface area (Å²) in [6.07, 6.45) is 0. The number of hydrogen-bond donors (Lipinski definition) is 1. The molecular weight excluding hydrogens is 548 g/mol. The molecule has 0 fully saturated rings. The second-order valence-electron chi connectivity index (χ2n) is 9.76. The molecule has 1 atom stereocenters. The quantitative estimate of drug-likeness (QED) is 0.251. The van der Waals surface area contributed by atoms with E-state index in [4.69, 9.17) is 4.74 Å². The van der Waals surface area contributed by atoms with Gasteiger partial charge in [-0.15, -0.1) is 0 Å². The van der Waals surface area contributed by atoms with Crippen LogP contribution in [0.15, 0.2) is 77.7 Å². The number of benzene rings is 3. The minimum atomic E-state index is -4.47. The summed E-state index contributed by atoms with van der Waals surface area (Å²) in [5, 5.41) is 14.3. The summed E-state index contributed by atoms with van der Waals surface area (Å²) in [5.74, 6) is -0.563. The minimum absolute atomic E-state index is 0.0544. The lowest BCUT2D eigenvalue weighted by Gasteiger charge is -2.32. The second kappa shape index (κ2) is 13.3. The van der Waals surface area contributed by atoms with E-state index >= 15 is 0 Å². The number of nitrogens with one attached hydrogen (secondary N) is 1. The van der Waals surface area contributed by atoms with Gasteiger partial charge in [-0.05, 0) is 63.6 Å². The normalized spacial score (nSPS) is 12.0. The molecule has 0 saturated carbocycles. The molecule has 3 aromatic carbocycles. The number of rotatable bonds is 12. The van der Waals surface area contributed by atoms with E-state index in [1.807, 2.05) is 6.07 Å². The highest BCUT2D eigenvalue weighted by Gasteiger charge is 2.33. The van der Waals surface area contributed by atoms with Crippen molar-refractivity contribution in [2.24, 2.45) is 0 Å². The minimum Gasteiger partial charge on any atom is -0.497 e. The number of ether oxygens (including phenoxy) is 1. The van der Waals surface area contributed by atoms with E-state index < -0.39 is 39.3 Å². The molecule has 0 saturated heterocycles. The van der Waals surface area contributed by atoms with E-state index in [9.17, 15) is 28.1 Å². The number of anilines is 1. The fourth-order valence-electron chi connectivity index (χ4n) is 4.12. The molecule has 0 aliphatic carbocycles. The molecule has 41 heavy (non-hydrogen) atoms. The van der Waals surface area contributed by atoms with Gasteiger partial charge in [-0.3, -0.25) is 24.0 Å². The van der Waals surface area contributed by atoms with Crippen molar-refractivity contribution in [3.05, 3.63) is 94.0 Å². The Hall–Kier alpha value is -4.45. The lowest BCUT2D eigenvalue weighted by Crippen LogP contribution is -2.52. The number of hydrogen-bond acceptors (Lipinski definition) is 7. The average molecular weight is 583 g/mol. The van der Waals surface area contributed by atoms with Crippen molar-refractivity contribution in [1.82, 2.24) is 10.2 Å². The van der Waals surface area contributed by atoms with Gasteiger partial charge in [0.05, 0.1) is 22.6 Å². The number of nitrogens with zero attached hydrogens (tertiary/aromatic N) is 3. The molecule has 12 heteroatoms. The Kier molecular flexibility index (Phi) is 10.1. The smallest absolute Gasteiger partial charge is 0.273 e. The molecule has 11 nitrogen and oxygen atoms in total. The summed E-state index contributed by atoms with van der Waals surface area (Å²) in [4.78, 5) is 38.7. The molecule has 1 unspecified atom stereocenters. The Morgan fingerprint density at radius 3 is 2.20 bits per heavy atom. The molecule has 3 aromatic rings. The Morgan fingerprint density at radius 1 is 1.00 bits per heavy atom. The fraction of sp³-hybridized carbons (Fsp3) is 0.310. The Labute approximate surface area is 239 Å². The third-order valence-electron chi connectivity index (χ3n) is 6.40. The van der Waals surface area contributed by atoms with Gasteiger partial charge in [0.25, 0.3) is 15.7 Å². The lowest BCUT2D eigenvalue weighted by molar-refractivity contribution is -0.385. The van der Waals surface area contributed by atoms with Gasteiger partial charge >= 0.3 is 0 Å². The first-order valence-electron chi connectivity index (χ1n) is 12.9. The molecule has 2 amide bonds. The van der Waals surface area contributed by atoms with Crippen molar-refractivity contribution in [3.8, 4) is 5.75 Å². The molecule has 3 rings (SSSR count). The molecule has 1 N–H and O–H groups in total. The molecule has 218 valence electrons. The number of amides is 2. The van der Waals surface area contributed by atoms with Crippen molar-refractivity contribution in [2.75, 3.05) is 18.0 Å². The van der Waals surface area contributed by atoms with Crippen LogP contribution in [-0.2, 0) is 26.2 Å². The highest BCUT2D eigenvalue weighted by molar-refractivity contribution is 7.92. The zero-order chi connectivity index (χ0) is 30.3. The topological polar surface area (TPSA) is 139 Å². The molecule has 0 aromatic heterocycles. The number of methoxy groups -OCH3 is 1. The van der Waals surface area contributed by atoms with Gasteiger partial charge < -0.3 is 15.0 Å². The first kappa shape index (κ1) is 31.1. The summed E-state index contributed by atoms with van der Waals surface area (Å²) >= 11 is 0. The largest absolute Gasteiger partial charge is 0.497 e. The van der Waals surface area contributed by atoms with Crippen LogP contribution in [0.5, 0.6) is 5.75 Å². The fourth-order valence-corrected chi connectivity index (χ4v) is 5.55. The zero-order valence-electron chi connectivity index (χ0n) is 23.6. The van der Waals surface area contributed by atoms with Crippen LogP contribution in [0.3, 0.4) is 0 Å². The van der Waals surface area contributed by atoms with Gasteiger partial charge in [0, 0.05) is 24.2 Å². The van der Waals surface area contributed by atoms with Crippen LogP contribution < -0.4 is 14.4 Å². The average Bonchev–Trinajstić information content (AvgIpc) is 2.94. The van der Waals surface area contributed by atoms with Crippen LogP contribution in [0.25, 0.3) is 0 Å². The van der Waals surface area contributed by atoms with Crippen LogP contribution in [0, 0.1) is 17.0 Å². The standard InChI is InChI=1S/C29H34N4O7S/c1-20(2)30-29(35)22(4)31(18-23-9-7-6-8-10-23)28(34)19-32(24-12-14-25(40-5)15-13-24)41(38,39)26-16-11-21(3)27(17-26)33(36)37/h6-17,20,22H,18-19H2,1-5H3,(H,30,35). The van der Waals surface area contributed by atoms with E-state index in [-0.39, 0.29) is 28.9 Å². The molecular formula is C29H34N4O7S. The van der Waals surface area contributed by atoms with Gasteiger partial charge in [-0.1, -0.05) is 36.4 Å². The van der Waals surface area contributed by atoms with E-state index in [1.54, 1.807) is 57.2 Å². The maximum absolute atomic E-state index is 14.0. The number of carbonyl (C=O) groups is 2. The highest BCUT2D eigenvalue weighted by Crippen LogP contribution is 2.29. The van der Waals surface area contributed by atoms with Crippen LogP contribution in [0.4, 0.5) is 11.4 Å². The van der Waals surface area contributed by atoms with Crippen molar-refractivity contribution in [2.45, 2.75) is 51.2 Å². The second-order valence-corrected chi connectivity index (χ2v) is 11.6. The van der Waals surface area contributed by atoms with Gasteiger partial charge in [0.15, 0.2) is 0 Å². The Balaban J connectivity index is 2.08. The van der Waals surface area contributed by atoms with Gasteiger partial charge in [0.1, 0.15) is 18.3 Å². The van der Waals surface area contributed by atoms with Crippen LogP contribution in [-0.4, -0.2) is 55.8 Å². The lowest BCUT2D eigenvalue weighted by atomic mass is 10.1. The van der Waals surface area contributed by atoms with E-state index in [0.717, 1.165) is 15.9 Å². The number of aryl methyl sites for hydroxylation is 1. The third-order valence-corrected chi connectivity index (χ3v) is 8.17. The predicted molar refractivity (Wildman–Crippen MR) is 155 cm³/mol. The van der Waals surface area contributed by atoms with Crippen molar-refractivity contribution in [3.63, 3.8) is 0 Å². The van der Waals surface area contributed by atoms with Crippen molar-refractivity contribution < 1.29 is 27.7 Å². The van der Waals surface area contributed by atoms with Gasteiger partial charge in [-0.2, -0.15) is 0 Å². The molecule has 0 heterocycles. The van der Waals surface area contributed by atoms with E-state index in [0.29, 0.717) is 11.3 Å². The molecule has 0 bridgehead atoms. The first-order chi connectivity index (χ1) is 19.3. The summed E-state index contributed by atoms with van der Waals surface area (Å²) < 4.78 is 34.0. The molecule has 0 aliphatic heterocycles. The van der Waals surface area contributed by atoms with E-state index in [1.165, 1.54) is 43.2 Å². The maximum atomic E-state index is 14.0. The first-order valence-corrected chi connectivity index (χ1v) is 14.3. The van der Waals surface area contributed by atoms with Crippen molar-refractivity contribution in [1.29, 1.82) is 0 Å². The summed E-state index contributed by atoms with van der Waals surface area (Å²) in [5.41, 5.74) is 0.816. The number of nitro groups is 1. The summed E-state index contributed by atoms with van der Waals surface area (Å²) in [7, 11) is -3.01. The van der Waals surface area contributed by atoms with Crippen LogP contribution >= 0.6 is 0 Å². The number of nitro benzene ring substituents is 1. The Morgan fingerprint density at radius 2 is 1.63 bits per heavy atom. The van der Waals surface area contributed by atoms with E-state index in [2.05, 4.69) is 5.32 Å². The number of sulfonamides is 1. The van der Waals surface area contributed by atoms with Crippen molar-refractivity contribution >= 4 is 33.2 Å². The third kappa shape index (κ3) is 7.60. The predicted octanol–water partition coefficient (Wildman–Crippen LogP) is 4.05. The number of carbonyl (C=O) groups excluding carboxylic acids is 2. The maximum Gasteiger partial charge on any atom is 0.273 e. The monoisotopic (exact) mass is 582 g/mol. The zero-order valence-corrected chi connectivity index (χ0v) is 24.4. The van der Waals surface area contributed by atoms with Gasteiger partial charge in [0.2, 0.25) is 11.8 Å². The van der Waals surface area contributed by atoms with Gasteiger partial charge in [-0.25, -0.2) is 8.42 Å². The van der Waals surface area contributed by atoms with Crippen LogP contribution in [0.1, 0.15) is 31.9 Å². The molecule has 0 radical (unpaired) electrons. The summed E-state index contributed by atoms with van der Waals surface area (Å²) in [6, 6.07) is 17.6. The highest BCUT2D eigenvalue weighted by atomic mass is 32.2. The Bertz CT molecular complexity index is 1490. The summed E-state index contributed by atoms with van der Waals surface area (Å²) in [6.45, 7) is 6.07. The molecule has 0 spiro atoms. The molecule has 0 aliphatic rings. The SMILES string of the molecule is COc1ccc(N(CC(=O)N(Cc2ccccc2)C(C)C(=O)NC(C)C)S(=O)(=O)c2ccc(C)c([N+](=O)[O-])c2)cc1.